The van der Waals surface area contributed by atoms with Crippen LogP contribution in [0.25, 0.3) is 0 Å². The Bertz CT molecular complexity index is 699. The average molecular weight is 340 g/mol. The lowest BCUT2D eigenvalue weighted by molar-refractivity contribution is -0.125. The van der Waals surface area contributed by atoms with E-state index in [9.17, 15) is 9.59 Å². The summed E-state index contributed by atoms with van der Waals surface area (Å²) in [6.07, 6.45) is 3.12. The molecule has 0 fully saturated rings. The number of benzene rings is 1. The summed E-state index contributed by atoms with van der Waals surface area (Å²) in [7, 11) is 3.74. The van der Waals surface area contributed by atoms with Gasteiger partial charge in [0.1, 0.15) is 6.04 Å². The summed E-state index contributed by atoms with van der Waals surface area (Å²) in [5.41, 5.74) is 2.59. The van der Waals surface area contributed by atoms with Crippen molar-refractivity contribution < 1.29 is 9.59 Å². The minimum Gasteiger partial charge on any atom is -0.353 e. The van der Waals surface area contributed by atoms with Crippen LogP contribution in [0.2, 0.25) is 0 Å². The first kappa shape index (κ1) is 18.6. The summed E-state index contributed by atoms with van der Waals surface area (Å²) in [5, 5.41) is 5.64. The SMILES string of the molecule is Cc1ccc([C@@H](C(=O)NCCNC(=O)c2cccnc2)N(C)C)cc1. The number of aryl methyl sites for hydroxylation is 1. The molecule has 0 unspecified atom stereocenters. The van der Waals surface area contributed by atoms with E-state index in [1.807, 2.05) is 50.2 Å². The molecule has 2 rings (SSSR count). The Balaban J connectivity index is 1.85. The lowest BCUT2D eigenvalue weighted by atomic mass is 10.0. The first-order chi connectivity index (χ1) is 12.0. The maximum absolute atomic E-state index is 12.5. The van der Waals surface area contributed by atoms with E-state index in [4.69, 9.17) is 0 Å². The summed E-state index contributed by atoms with van der Waals surface area (Å²) < 4.78 is 0. The second-order valence-electron chi connectivity index (χ2n) is 6.07. The smallest absolute Gasteiger partial charge is 0.252 e. The van der Waals surface area contributed by atoms with E-state index in [0.717, 1.165) is 11.1 Å². The molecule has 2 aromatic rings. The Hall–Kier alpha value is -2.73. The van der Waals surface area contributed by atoms with Crippen molar-refractivity contribution >= 4 is 11.8 Å². The van der Waals surface area contributed by atoms with E-state index in [-0.39, 0.29) is 17.9 Å². The number of carbonyl (C=O) groups excluding carboxylic acids is 2. The molecule has 0 saturated heterocycles. The molecule has 1 heterocycles. The van der Waals surface area contributed by atoms with Gasteiger partial charge in [-0.05, 0) is 38.7 Å². The minimum atomic E-state index is -0.366. The van der Waals surface area contributed by atoms with Crippen LogP contribution < -0.4 is 10.6 Å². The average Bonchev–Trinajstić information content (AvgIpc) is 2.61. The fourth-order valence-corrected chi connectivity index (χ4v) is 2.49. The van der Waals surface area contributed by atoms with E-state index < -0.39 is 0 Å². The van der Waals surface area contributed by atoms with E-state index in [0.29, 0.717) is 18.7 Å². The number of nitrogens with one attached hydrogen (secondary N) is 2. The molecular formula is C19H24N4O2. The van der Waals surface area contributed by atoms with Crippen LogP contribution in [0.1, 0.15) is 27.5 Å². The topological polar surface area (TPSA) is 74.3 Å². The van der Waals surface area contributed by atoms with Crippen LogP contribution in [0, 0.1) is 6.92 Å². The zero-order valence-electron chi connectivity index (χ0n) is 14.8. The Morgan fingerprint density at radius 2 is 1.76 bits per heavy atom. The van der Waals surface area contributed by atoms with Gasteiger partial charge in [0, 0.05) is 25.5 Å². The number of carbonyl (C=O) groups is 2. The molecule has 132 valence electrons. The van der Waals surface area contributed by atoms with Gasteiger partial charge in [0.05, 0.1) is 5.56 Å². The van der Waals surface area contributed by atoms with Crippen molar-refractivity contribution in [2.24, 2.45) is 0 Å². The maximum Gasteiger partial charge on any atom is 0.252 e. The zero-order chi connectivity index (χ0) is 18.2. The van der Waals surface area contributed by atoms with Gasteiger partial charge < -0.3 is 10.6 Å². The molecule has 0 bridgehead atoms. The number of rotatable bonds is 7. The molecular weight excluding hydrogens is 316 g/mol. The summed E-state index contributed by atoms with van der Waals surface area (Å²) in [6, 6.07) is 10.9. The first-order valence-electron chi connectivity index (χ1n) is 8.18. The van der Waals surface area contributed by atoms with E-state index in [1.54, 1.807) is 18.3 Å². The Kier molecular flexibility index (Phi) is 6.65. The molecule has 1 atom stereocenters. The fraction of sp³-hybridized carbons (Fsp3) is 0.316. The summed E-state index contributed by atoms with van der Waals surface area (Å²) >= 11 is 0. The highest BCUT2D eigenvalue weighted by Gasteiger charge is 2.22. The van der Waals surface area contributed by atoms with E-state index in [1.165, 1.54) is 6.20 Å². The van der Waals surface area contributed by atoms with Crippen molar-refractivity contribution in [3.8, 4) is 0 Å². The highest BCUT2D eigenvalue weighted by atomic mass is 16.2. The predicted molar refractivity (Wildman–Crippen MR) is 97.2 cm³/mol. The van der Waals surface area contributed by atoms with Gasteiger partial charge in [-0.2, -0.15) is 0 Å². The third-order valence-corrected chi connectivity index (χ3v) is 3.79. The predicted octanol–water partition coefficient (Wildman–Crippen LogP) is 1.54. The van der Waals surface area contributed by atoms with Crippen LogP contribution in [-0.4, -0.2) is 48.9 Å². The van der Waals surface area contributed by atoms with Gasteiger partial charge in [0.15, 0.2) is 0 Å². The van der Waals surface area contributed by atoms with Gasteiger partial charge in [-0.3, -0.25) is 19.5 Å². The minimum absolute atomic E-state index is 0.0931. The van der Waals surface area contributed by atoms with Gasteiger partial charge >= 0.3 is 0 Å². The molecule has 0 aliphatic rings. The van der Waals surface area contributed by atoms with Gasteiger partial charge in [-0.15, -0.1) is 0 Å². The standard InChI is InChI=1S/C19H24N4O2/c1-14-6-8-15(9-7-14)17(23(2)3)19(25)22-12-11-21-18(24)16-5-4-10-20-13-16/h4-10,13,17H,11-12H2,1-3H3,(H,21,24)(H,22,25)/t17-/m0/s1. The van der Waals surface area contributed by atoms with Crippen LogP contribution in [0.3, 0.4) is 0 Å². The molecule has 1 aromatic heterocycles. The monoisotopic (exact) mass is 340 g/mol. The van der Waals surface area contributed by atoms with E-state index >= 15 is 0 Å². The molecule has 0 aliphatic heterocycles. The molecule has 6 nitrogen and oxygen atoms in total. The van der Waals surface area contributed by atoms with Crippen molar-refractivity contribution in [1.29, 1.82) is 0 Å². The van der Waals surface area contributed by atoms with Gasteiger partial charge in [-0.25, -0.2) is 0 Å². The highest BCUT2D eigenvalue weighted by molar-refractivity contribution is 5.93. The molecule has 2 N–H and O–H groups in total. The van der Waals surface area contributed by atoms with E-state index in [2.05, 4.69) is 15.6 Å². The summed E-state index contributed by atoms with van der Waals surface area (Å²) in [4.78, 5) is 30.2. The lowest BCUT2D eigenvalue weighted by Gasteiger charge is -2.24. The number of hydrogen-bond acceptors (Lipinski definition) is 4. The van der Waals surface area contributed by atoms with Crippen LogP contribution in [0.5, 0.6) is 0 Å². The van der Waals surface area contributed by atoms with Crippen molar-refractivity contribution in [3.05, 3.63) is 65.5 Å². The third kappa shape index (κ3) is 5.39. The van der Waals surface area contributed by atoms with Crippen LogP contribution >= 0.6 is 0 Å². The quantitative estimate of drug-likeness (QED) is 0.750. The second kappa shape index (κ2) is 8.94. The summed E-state index contributed by atoms with van der Waals surface area (Å²) in [6.45, 7) is 2.73. The van der Waals surface area contributed by atoms with Crippen LogP contribution in [-0.2, 0) is 4.79 Å². The van der Waals surface area contributed by atoms with Crippen LogP contribution in [0.15, 0.2) is 48.8 Å². The molecule has 0 saturated carbocycles. The number of aromatic nitrogens is 1. The molecule has 1 aromatic carbocycles. The number of amides is 2. The number of hydrogen-bond donors (Lipinski definition) is 2. The second-order valence-corrected chi connectivity index (χ2v) is 6.07. The molecule has 0 radical (unpaired) electrons. The van der Waals surface area contributed by atoms with Crippen molar-refractivity contribution in [1.82, 2.24) is 20.5 Å². The highest BCUT2D eigenvalue weighted by Crippen LogP contribution is 2.18. The summed E-state index contributed by atoms with van der Waals surface area (Å²) in [5.74, 6) is -0.297. The lowest BCUT2D eigenvalue weighted by Crippen LogP contribution is -2.40. The molecule has 0 aliphatic carbocycles. The number of likely N-dealkylation sites (N-methyl/N-ethyl adjacent to an activating group) is 1. The van der Waals surface area contributed by atoms with Crippen molar-refractivity contribution in [2.45, 2.75) is 13.0 Å². The zero-order valence-corrected chi connectivity index (χ0v) is 14.8. The third-order valence-electron chi connectivity index (χ3n) is 3.79. The van der Waals surface area contributed by atoms with Crippen molar-refractivity contribution in [2.75, 3.05) is 27.2 Å². The fourth-order valence-electron chi connectivity index (χ4n) is 2.49. The van der Waals surface area contributed by atoms with Crippen LogP contribution in [0.4, 0.5) is 0 Å². The largest absolute Gasteiger partial charge is 0.353 e. The molecule has 25 heavy (non-hydrogen) atoms. The van der Waals surface area contributed by atoms with Crippen molar-refractivity contribution in [3.63, 3.8) is 0 Å². The molecule has 2 amide bonds. The Morgan fingerprint density at radius 3 is 2.36 bits per heavy atom. The Labute approximate surface area is 148 Å². The number of pyridine rings is 1. The molecule has 6 heteroatoms. The molecule has 0 spiro atoms. The normalized spacial score (nSPS) is 11.8. The first-order valence-corrected chi connectivity index (χ1v) is 8.18. The number of nitrogens with zero attached hydrogens (tertiary/aromatic N) is 2. The van der Waals surface area contributed by atoms with Gasteiger partial charge in [0.25, 0.3) is 5.91 Å². The van der Waals surface area contributed by atoms with Gasteiger partial charge in [-0.1, -0.05) is 29.8 Å². The maximum atomic E-state index is 12.5. The van der Waals surface area contributed by atoms with Gasteiger partial charge in [0.2, 0.25) is 5.91 Å². The Morgan fingerprint density at radius 1 is 1.08 bits per heavy atom.